The summed E-state index contributed by atoms with van der Waals surface area (Å²) in [4.78, 5) is 12.3. The first-order chi connectivity index (χ1) is 14.9. The van der Waals surface area contributed by atoms with Crippen LogP contribution in [0.25, 0.3) is 6.08 Å². The molecular weight excluding hydrogens is 388 g/mol. The summed E-state index contributed by atoms with van der Waals surface area (Å²) < 4.78 is 12.0. The molecule has 0 atom stereocenters. The highest BCUT2D eigenvalue weighted by Gasteiger charge is 2.15. The number of nitrogens with one attached hydrogen (secondary N) is 1. The van der Waals surface area contributed by atoms with E-state index in [4.69, 9.17) is 9.47 Å². The van der Waals surface area contributed by atoms with Crippen molar-refractivity contribution in [2.45, 2.75) is 46.8 Å². The number of benzene rings is 2. The number of carbonyl (C=O) groups excluding carboxylic acids is 1. The Morgan fingerprint density at radius 1 is 1.23 bits per heavy atom. The SMILES string of the molecule is C=CCc1cc(/C=C(/C#N)C(=O)NC(C)C)cc(OCC)c1OCc1ccc(C)cc1. The number of aryl methyl sites for hydroxylation is 1. The molecule has 1 N–H and O–H groups in total. The third kappa shape index (κ3) is 7.04. The van der Waals surface area contributed by atoms with Gasteiger partial charge < -0.3 is 14.8 Å². The summed E-state index contributed by atoms with van der Waals surface area (Å²) in [5.74, 6) is 0.812. The minimum Gasteiger partial charge on any atom is -0.490 e. The molecule has 2 rings (SSSR count). The van der Waals surface area contributed by atoms with Gasteiger partial charge in [-0.2, -0.15) is 5.26 Å². The normalized spacial score (nSPS) is 11.0. The summed E-state index contributed by atoms with van der Waals surface area (Å²) in [5.41, 5.74) is 3.85. The van der Waals surface area contributed by atoms with E-state index in [1.165, 1.54) is 5.56 Å². The van der Waals surface area contributed by atoms with E-state index in [0.717, 1.165) is 11.1 Å². The van der Waals surface area contributed by atoms with E-state index >= 15 is 0 Å². The van der Waals surface area contributed by atoms with Crippen LogP contribution in [0.2, 0.25) is 0 Å². The molecule has 1 amide bonds. The van der Waals surface area contributed by atoms with Gasteiger partial charge in [-0.25, -0.2) is 0 Å². The predicted octanol–water partition coefficient (Wildman–Crippen LogP) is 5.13. The van der Waals surface area contributed by atoms with E-state index in [2.05, 4.69) is 11.9 Å². The monoisotopic (exact) mass is 418 g/mol. The molecule has 162 valence electrons. The number of rotatable bonds is 10. The van der Waals surface area contributed by atoms with Gasteiger partial charge in [0.15, 0.2) is 11.5 Å². The Morgan fingerprint density at radius 3 is 2.52 bits per heavy atom. The van der Waals surface area contributed by atoms with Gasteiger partial charge in [0.05, 0.1) is 6.61 Å². The summed E-state index contributed by atoms with van der Waals surface area (Å²) in [5, 5.41) is 12.2. The number of nitriles is 1. The summed E-state index contributed by atoms with van der Waals surface area (Å²) in [6.07, 6.45) is 3.91. The van der Waals surface area contributed by atoms with E-state index < -0.39 is 5.91 Å². The van der Waals surface area contributed by atoms with Crippen molar-refractivity contribution in [2.24, 2.45) is 0 Å². The van der Waals surface area contributed by atoms with Crippen molar-refractivity contribution in [3.63, 3.8) is 0 Å². The zero-order valence-corrected chi connectivity index (χ0v) is 18.7. The van der Waals surface area contributed by atoms with E-state index in [1.807, 2.05) is 64.1 Å². The molecule has 0 heterocycles. The number of hydrogen-bond acceptors (Lipinski definition) is 4. The Balaban J connectivity index is 2.42. The lowest BCUT2D eigenvalue weighted by Crippen LogP contribution is -2.30. The molecule has 0 spiro atoms. The van der Waals surface area contributed by atoms with Crippen molar-refractivity contribution >= 4 is 12.0 Å². The fourth-order valence-corrected chi connectivity index (χ4v) is 3.00. The van der Waals surface area contributed by atoms with Crippen molar-refractivity contribution in [1.82, 2.24) is 5.32 Å². The van der Waals surface area contributed by atoms with Gasteiger partial charge in [0.1, 0.15) is 18.2 Å². The van der Waals surface area contributed by atoms with Gasteiger partial charge >= 0.3 is 0 Å². The predicted molar refractivity (Wildman–Crippen MR) is 124 cm³/mol. The Kier molecular flexibility index (Phi) is 8.90. The standard InChI is InChI=1S/C26H30N2O3/c1-6-8-22-13-21(14-23(16-27)26(29)28-18(3)4)15-24(30-7-2)25(22)31-17-20-11-9-19(5)10-12-20/h6,9-15,18H,1,7-8,17H2,2-5H3,(H,28,29)/b23-14-. The van der Waals surface area contributed by atoms with Crippen molar-refractivity contribution < 1.29 is 14.3 Å². The topological polar surface area (TPSA) is 71.4 Å². The van der Waals surface area contributed by atoms with Gasteiger partial charge in [0.2, 0.25) is 0 Å². The fourth-order valence-electron chi connectivity index (χ4n) is 3.00. The molecule has 0 aliphatic heterocycles. The maximum absolute atomic E-state index is 12.3. The molecule has 0 bridgehead atoms. The Labute approximate surface area is 185 Å². The molecule has 0 radical (unpaired) electrons. The van der Waals surface area contributed by atoms with Crippen LogP contribution < -0.4 is 14.8 Å². The molecular formula is C26H30N2O3. The lowest BCUT2D eigenvalue weighted by Gasteiger charge is -2.17. The number of hydrogen-bond donors (Lipinski definition) is 1. The first-order valence-electron chi connectivity index (χ1n) is 10.4. The fraction of sp³-hybridized carbons (Fsp3) is 0.308. The van der Waals surface area contributed by atoms with Gasteiger partial charge in [0, 0.05) is 11.6 Å². The first kappa shape index (κ1) is 23.8. The second-order valence-corrected chi connectivity index (χ2v) is 7.51. The number of allylic oxidation sites excluding steroid dienone is 1. The van der Waals surface area contributed by atoms with Crippen LogP contribution in [0.15, 0.2) is 54.6 Å². The average Bonchev–Trinajstić information content (AvgIpc) is 2.72. The molecule has 0 unspecified atom stereocenters. The molecule has 2 aromatic rings. The largest absolute Gasteiger partial charge is 0.490 e. The zero-order chi connectivity index (χ0) is 22.8. The third-order valence-electron chi connectivity index (χ3n) is 4.42. The molecule has 2 aromatic carbocycles. The van der Waals surface area contributed by atoms with E-state index in [-0.39, 0.29) is 11.6 Å². The smallest absolute Gasteiger partial charge is 0.262 e. The maximum Gasteiger partial charge on any atom is 0.262 e. The van der Waals surface area contributed by atoms with Crippen molar-refractivity contribution in [2.75, 3.05) is 6.61 Å². The Morgan fingerprint density at radius 2 is 1.94 bits per heavy atom. The summed E-state index contributed by atoms with van der Waals surface area (Å²) in [6, 6.07) is 13.8. The van der Waals surface area contributed by atoms with Gasteiger partial charge in [0.25, 0.3) is 5.91 Å². The van der Waals surface area contributed by atoms with E-state index in [9.17, 15) is 10.1 Å². The molecule has 5 heteroatoms. The van der Waals surface area contributed by atoms with Crippen LogP contribution in [-0.4, -0.2) is 18.6 Å². The highest BCUT2D eigenvalue weighted by Crippen LogP contribution is 2.35. The molecule has 0 saturated carbocycles. The van der Waals surface area contributed by atoms with Crippen molar-refractivity contribution in [3.05, 3.63) is 76.9 Å². The first-order valence-corrected chi connectivity index (χ1v) is 10.4. The lowest BCUT2D eigenvalue weighted by atomic mass is 10.0. The van der Waals surface area contributed by atoms with Crippen LogP contribution >= 0.6 is 0 Å². The molecule has 5 nitrogen and oxygen atoms in total. The highest BCUT2D eigenvalue weighted by atomic mass is 16.5. The average molecular weight is 419 g/mol. The van der Waals surface area contributed by atoms with Gasteiger partial charge in [-0.15, -0.1) is 6.58 Å². The van der Waals surface area contributed by atoms with E-state index in [0.29, 0.717) is 36.7 Å². The molecule has 0 aromatic heterocycles. The number of carbonyl (C=O) groups is 1. The molecule has 0 aliphatic rings. The quantitative estimate of drug-likeness (QED) is 0.330. The highest BCUT2D eigenvalue weighted by molar-refractivity contribution is 6.01. The van der Waals surface area contributed by atoms with Crippen LogP contribution in [0, 0.1) is 18.3 Å². The minimum atomic E-state index is -0.402. The van der Waals surface area contributed by atoms with Crippen molar-refractivity contribution in [3.8, 4) is 17.6 Å². The van der Waals surface area contributed by atoms with Gasteiger partial charge in [-0.3, -0.25) is 4.79 Å². The molecule has 0 fully saturated rings. The van der Waals surface area contributed by atoms with Crippen molar-refractivity contribution in [1.29, 1.82) is 5.26 Å². The van der Waals surface area contributed by atoms with Crippen LogP contribution in [-0.2, 0) is 17.8 Å². The maximum atomic E-state index is 12.3. The number of nitrogens with zero attached hydrogens (tertiary/aromatic N) is 1. The number of ether oxygens (including phenoxy) is 2. The second-order valence-electron chi connectivity index (χ2n) is 7.51. The van der Waals surface area contributed by atoms with Crippen LogP contribution in [0.5, 0.6) is 11.5 Å². The van der Waals surface area contributed by atoms with Gasteiger partial charge in [-0.1, -0.05) is 35.9 Å². The second kappa shape index (κ2) is 11.6. The molecule has 0 aliphatic carbocycles. The van der Waals surface area contributed by atoms with Crippen LogP contribution in [0.4, 0.5) is 0 Å². The van der Waals surface area contributed by atoms with Crippen LogP contribution in [0.3, 0.4) is 0 Å². The summed E-state index contributed by atoms with van der Waals surface area (Å²) in [6.45, 7) is 12.3. The zero-order valence-electron chi connectivity index (χ0n) is 18.7. The van der Waals surface area contributed by atoms with Crippen LogP contribution in [0.1, 0.15) is 43.0 Å². The summed E-state index contributed by atoms with van der Waals surface area (Å²) in [7, 11) is 0. The Hall–Kier alpha value is -3.52. The molecule has 0 saturated heterocycles. The molecule has 31 heavy (non-hydrogen) atoms. The lowest BCUT2D eigenvalue weighted by molar-refractivity contribution is -0.117. The summed E-state index contributed by atoms with van der Waals surface area (Å²) >= 11 is 0. The Bertz CT molecular complexity index is 983. The minimum absolute atomic E-state index is 0.0361. The number of amides is 1. The third-order valence-corrected chi connectivity index (χ3v) is 4.42. The van der Waals surface area contributed by atoms with E-state index in [1.54, 1.807) is 18.2 Å². The van der Waals surface area contributed by atoms with Gasteiger partial charge in [-0.05, 0) is 63.5 Å².